The maximum absolute atomic E-state index is 13.4. The van der Waals surface area contributed by atoms with Gasteiger partial charge in [-0.25, -0.2) is 0 Å². The number of ether oxygens (including phenoxy) is 1. The van der Waals surface area contributed by atoms with Gasteiger partial charge >= 0.3 is 0 Å². The monoisotopic (exact) mass is 540 g/mol. The molecular weight excluding hydrogens is 519 g/mol. The zero-order chi connectivity index (χ0) is 25.4. The molecule has 1 N–H and O–H groups in total. The van der Waals surface area contributed by atoms with Crippen LogP contribution in [0.25, 0.3) is 22.2 Å². The summed E-state index contributed by atoms with van der Waals surface area (Å²) in [6, 6.07) is 13.2. The number of fused-ring (bicyclic) bond motifs is 2. The predicted molar refractivity (Wildman–Crippen MR) is 146 cm³/mol. The van der Waals surface area contributed by atoms with Crippen LogP contribution in [0.2, 0.25) is 15.1 Å². The first kappa shape index (κ1) is 24.6. The quantitative estimate of drug-likeness (QED) is 0.308. The molecule has 0 fully saturated rings. The molecule has 0 aliphatic carbocycles. The van der Waals surface area contributed by atoms with E-state index in [-0.39, 0.29) is 11.8 Å². The number of carbonyl (C=O) groups excluding carboxylic acids is 1. The Labute approximate surface area is 224 Å². The second-order valence-electron chi connectivity index (χ2n) is 8.83. The highest BCUT2D eigenvalue weighted by Gasteiger charge is 2.25. The van der Waals surface area contributed by atoms with E-state index in [9.17, 15) is 4.79 Å². The van der Waals surface area contributed by atoms with Crippen molar-refractivity contribution in [3.8, 4) is 16.9 Å². The molecule has 0 spiro atoms. The molecule has 1 atom stereocenters. The van der Waals surface area contributed by atoms with Crippen LogP contribution >= 0.6 is 34.8 Å². The molecule has 1 amide bonds. The number of hydrogen-bond donors (Lipinski definition) is 1. The number of pyridine rings is 2. The average Bonchev–Trinajstić information content (AvgIpc) is 2.85. The number of para-hydroxylation sites is 1. The molecule has 2 aromatic carbocycles. The van der Waals surface area contributed by atoms with Crippen LogP contribution in [-0.4, -0.2) is 43.1 Å². The van der Waals surface area contributed by atoms with Crippen LogP contribution in [0.5, 0.6) is 5.75 Å². The van der Waals surface area contributed by atoms with E-state index in [2.05, 4.69) is 15.3 Å². The Hall–Kier alpha value is -3.06. The van der Waals surface area contributed by atoms with Crippen LogP contribution in [0, 0.1) is 0 Å². The highest BCUT2D eigenvalue weighted by Crippen LogP contribution is 2.39. The number of benzene rings is 2. The van der Waals surface area contributed by atoms with Crippen molar-refractivity contribution in [3.05, 3.63) is 81.1 Å². The molecule has 1 unspecified atom stereocenters. The third-order valence-corrected chi connectivity index (χ3v) is 6.97. The average molecular weight is 542 g/mol. The van der Waals surface area contributed by atoms with Gasteiger partial charge in [0, 0.05) is 54.6 Å². The Morgan fingerprint density at radius 2 is 1.78 bits per heavy atom. The minimum Gasteiger partial charge on any atom is -0.493 e. The lowest BCUT2D eigenvalue weighted by atomic mass is 9.93. The zero-order valence-electron chi connectivity index (χ0n) is 19.7. The van der Waals surface area contributed by atoms with Crippen molar-refractivity contribution in [1.82, 2.24) is 15.3 Å². The summed E-state index contributed by atoms with van der Waals surface area (Å²) in [5.41, 5.74) is 4.67. The van der Waals surface area contributed by atoms with Gasteiger partial charge in [0.15, 0.2) is 0 Å². The minimum atomic E-state index is -0.221. The van der Waals surface area contributed by atoms with Crippen molar-refractivity contribution >= 4 is 57.4 Å². The van der Waals surface area contributed by atoms with Gasteiger partial charge in [0.2, 0.25) is 0 Å². The lowest BCUT2D eigenvalue weighted by Gasteiger charge is -2.26. The number of carbonyl (C=O) groups is 1. The molecule has 6 nitrogen and oxygen atoms in total. The number of hydrogen-bond acceptors (Lipinski definition) is 5. The van der Waals surface area contributed by atoms with Crippen molar-refractivity contribution in [3.63, 3.8) is 0 Å². The van der Waals surface area contributed by atoms with Crippen molar-refractivity contribution < 1.29 is 9.53 Å². The number of halogens is 3. The fourth-order valence-corrected chi connectivity index (χ4v) is 5.40. The summed E-state index contributed by atoms with van der Waals surface area (Å²) in [6.07, 6.45) is 3.96. The molecule has 2 aromatic heterocycles. The predicted octanol–water partition coefficient (Wildman–Crippen LogP) is 6.62. The summed E-state index contributed by atoms with van der Waals surface area (Å²) >= 11 is 19.1. The van der Waals surface area contributed by atoms with E-state index in [1.54, 1.807) is 30.6 Å². The van der Waals surface area contributed by atoms with Gasteiger partial charge in [-0.2, -0.15) is 0 Å². The number of anilines is 1. The van der Waals surface area contributed by atoms with E-state index in [0.717, 1.165) is 23.3 Å². The van der Waals surface area contributed by atoms with Crippen molar-refractivity contribution in [2.45, 2.75) is 12.3 Å². The highest BCUT2D eigenvalue weighted by atomic mass is 35.5. The van der Waals surface area contributed by atoms with Gasteiger partial charge in [-0.05, 0) is 41.8 Å². The Kier molecular flexibility index (Phi) is 6.93. The van der Waals surface area contributed by atoms with Gasteiger partial charge < -0.3 is 15.0 Å². The molecule has 0 bridgehead atoms. The standard InChI is InChI=1S/C27H23Cl3N4O2/c1-34(2)26-20(27(35)33-12-15-7-8-36-22-6-4-3-5-19(15)22)13-31-24-23(21(30)14-32-25(24)26)16-9-17(28)11-18(29)10-16/h3-6,9-11,13-15H,7-8,12H2,1-2H3,(H,33,35). The first-order valence-electron chi connectivity index (χ1n) is 11.4. The van der Waals surface area contributed by atoms with E-state index in [4.69, 9.17) is 39.5 Å². The topological polar surface area (TPSA) is 67.4 Å². The van der Waals surface area contributed by atoms with E-state index in [1.165, 1.54) is 0 Å². The fourth-order valence-electron chi connectivity index (χ4n) is 4.63. The lowest BCUT2D eigenvalue weighted by Crippen LogP contribution is -2.32. The van der Waals surface area contributed by atoms with Gasteiger partial charge in [-0.15, -0.1) is 0 Å². The molecule has 9 heteroatoms. The number of nitrogens with zero attached hydrogens (tertiary/aromatic N) is 3. The Balaban J connectivity index is 1.52. The summed E-state index contributed by atoms with van der Waals surface area (Å²) in [6.45, 7) is 1.11. The summed E-state index contributed by atoms with van der Waals surface area (Å²) in [5.74, 6) is 0.825. The van der Waals surface area contributed by atoms with Gasteiger partial charge in [-0.1, -0.05) is 53.0 Å². The molecule has 1 aliphatic heterocycles. The van der Waals surface area contributed by atoms with Gasteiger partial charge in [-0.3, -0.25) is 14.8 Å². The molecule has 4 aromatic rings. The highest BCUT2D eigenvalue weighted by molar-refractivity contribution is 6.37. The molecule has 36 heavy (non-hydrogen) atoms. The third-order valence-electron chi connectivity index (χ3n) is 6.24. The molecule has 1 aliphatic rings. The summed E-state index contributed by atoms with van der Waals surface area (Å²) in [4.78, 5) is 24.4. The van der Waals surface area contributed by atoms with E-state index < -0.39 is 0 Å². The summed E-state index contributed by atoms with van der Waals surface area (Å²) in [7, 11) is 3.74. The molecule has 184 valence electrons. The summed E-state index contributed by atoms with van der Waals surface area (Å²) < 4.78 is 5.75. The van der Waals surface area contributed by atoms with Gasteiger partial charge in [0.1, 0.15) is 16.8 Å². The van der Waals surface area contributed by atoms with Crippen molar-refractivity contribution in [2.24, 2.45) is 0 Å². The van der Waals surface area contributed by atoms with E-state index in [1.807, 2.05) is 43.3 Å². The number of nitrogens with one attached hydrogen (secondary N) is 1. The largest absolute Gasteiger partial charge is 0.493 e. The number of rotatable bonds is 5. The SMILES string of the molecule is CN(C)c1c(C(=O)NCC2CCOc3ccccc32)cnc2c(-c3cc(Cl)cc(Cl)c3)c(Cl)cnc12. The molecule has 0 saturated heterocycles. The first-order chi connectivity index (χ1) is 17.3. The fraction of sp³-hybridized carbons (Fsp3) is 0.222. The zero-order valence-corrected chi connectivity index (χ0v) is 22.0. The minimum absolute atomic E-state index is 0.172. The normalized spacial score (nSPS) is 14.8. The Morgan fingerprint density at radius 3 is 2.53 bits per heavy atom. The second-order valence-corrected chi connectivity index (χ2v) is 10.1. The van der Waals surface area contributed by atoms with Crippen LogP contribution < -0.4 is 15.0 Å². The third kappa shape index (κ3) is 4.69. The van der Waals surface area contributed by atoms with Gasteiger partial charge in [0.25, 0.3) is 5.91 Å². The van der Waals surface area contributed by atoms with Crippen molar-refractivity contribution in [2.75, 3.05) is 32.1 Å². The first-order valence-corrected chi connectivity index (χ1v) is 12.6. The van der Waals surface area contributed by atoms with Crippen LogP contribution in [0.4, 0.5) is 5.69 Å². The molecule has 0 radical (unpaired) electrons. The van der Waals surface area contributed by atoms with E-state index >= 15 is 0 Å². The van der Waals surface area contributed by atoms with Gasteiger partial charge in [0.05, 0.1) is 22.9 Å². The molecule has 5 rings (SSSR count). The van der Waals surface area contributed by atoms with Crippen LogP contribution in [-0.2, 0) is 0 Å². The number of amides is 1. The lowest BCUT2D eigenvalue weighted by molar-refractivity contribution is 0.0948. The van der Waals surface area contributed by atoms with E-state index in [0.29, 0.717) is 56.1 Å². The molecule has 0 saturated carbocycles. The maximum Gasteiger partial charge on any atom is 0.255 e. The maximum atomic E-state index is 13.4. The summed E-state index contributed by atoms with van der Waals surface area (Å²) in [5, 5.41) is 4.47. The van der Waals surface area contributed by atoms with Crippen LogP contribution in [0.1, 0.15) is 28.3 Å². The van der Waals surface area contributed by atoms with Crippen LogP contribution in [0.3, 0.4) is 0 Å². The second kappa shape index (κ2) is 10.1. The smallest absolute Gasteiger partial charge is 0.255 e. The molecular formula is C27H23Cl3N4O2. The number of aromatic nitrogens is 2. The van der Waals surface area contributed by atoms with Crippen molar-refractivity contribution in [1.29, 1.82) is 0 Å². The molecule has 3 heterocycles. The Morgan fingerprint density at radius 1 is 1.06 bits per heavy atom. The van der Waals surface area contributed by atoms with Crippen LogP contribution in [0.15, 0.2) is 54.9 Å². The Bertz CT molecular complexity index is 1460.